The molecular formula is C26H29N3O3. The molecule has 1 aromatic carbocycles. The van der Waals surface area contributed by atoms with Crippen molar-refractivity contribution < 1.29 is 14.4 Å². The molecule has 0 N–H and O–H groups in total. The smallest absolute Gasteiger partial charge is 0.289 e. The first-order valence-electron chi connectivity index (χ1n) is 11.1. The number of nitrogens with zero attached hydrogens (tertiary/aromatic N) is 3. The molecule has 1 aromatic heterocycles. The summed E-state index contributed by atoms with van der Waals surface area (Å²) in [6.07, 6.45) is 5.48. The Bertz CT molecular complexity index is 1110. The van der Waals surface area contributed by atoms with Crippen LogP contribution in [0.4, 0.5) is 0 Å². The molecule has 166 valence electrons. The Morgan fingerprint density at radius 2 is 1.69 bits per heavy atom. The summed E-state index contributed by atoms with van der Waals surface area (Å²) >= 11 is 0. The predicted molar refractivity (Wildman–Crippen MR) is 121 cm³/mol. The monoisotopic (exact) mass is 431 g/mol. The van der Waals surface area contributed by atoms with E-state index >= 15 is 0 Å². The molecule has 0 atom stereocenters. The maximum absolute atomic E-state index is 13.3. The second-order valence-corrected chi connectivity index (χ2v) is 9.27. The van der Waals surface area contributed by atoms with E-state index in [1.54, 1.807) is 35.8 Å². The molecule has 1 amide bonds. The summed E-state index contributed by atoms with van der Waals surface area (Å²) in [5, 5.41) is 0. The Balaban J connectivity index is 1.50. The van der Waals surface area contributed by atoms with Gasteiger partial charge < -0.3 is 9.47 Å². The maximum atomic E-state index is 13.3. The molecule has 6 heteroatoms. The van der Waals surface area contributed by atoms with Gasteiger partial charge in [0.2, 0.25) is 0 Å². The zero-order chi connectivity index (χ0) is 23.0. The number of likely N-dealkylation sites (tertiary alicyclic amines) is 1. The van der Waals surface area contributed by atoms with Crippen molar-refractivity contribution >= 4 is 17.5 Å². The predicted octanol–water partition coefficient (Wildman–Crippen LogP) is 3.35. The first-order chi connectivity index (χ1) is 15.2. The molecule has 0 radical (unpaired) electrons. The van der Waals surface area contributed by atoms with E-state index in [2.05, 4.69) is 16.8 Å². The van der Waals surface area contributed by atoms with Crippen LogP contribution in [-0.2, 0) is 16.6 Å². The summed E-state index contributed by atoms with van der Waals surface area (Å²) in [5.41, 5.74) is 3.31. The number of imidazole rings is 1. The highest BCUT2D eigenvalue weighted by molar-refractivity contribution is 6.10. The lowest BCUT2D eigenvalue weighted by atomic mass is 9.62. The quantitative estimate of drug-likeness (QED) is 0.540. The Morgan fingerprint density at radius 3 is 2.19 bits per heavy atom. The number of ketones is 2. The summed E-state index contributed by atoms with van der Waals surface area (Å²) in [6.45, 7) is 6.78. The molecule has 1 aliphatic carbocycles. The van der Waals surface area contributed by atoms with Crippen LogP contribution in [0.3, 0.4) is 0 Å². The van der Waals surface area contributed by atoms with Crippen molar-refractivity contribution in [1.29, 1.82) is 0 Å². The average molecular weight is 432 g/mol. The lowest BCUT2D eigenvalue weighted by Crippen LogP contribution is -2.48. The summed E-state index contributed by atoms with van der Waals surface area (Å²) in [6, 6.07) is 3.93. The lowest BCUT2D eigenvalue weighted by molar-refractivity contribution is -0.138. The molecule has 2 fully saturated rings. The van der Waals surface area contributed by atoms with E-state index in [0.29, 0.717) is 44.6 Å². The van der Waals surface area contributed by atoms with Gasteiger partial charge in [-0.05, 0) is 67.9 Å². The molecule has 1 saturated heterocycles. The molecule has 6 nitrogen and oxygen atoms in total. The van der Waals surface area contributed by atoms with Crippen molar-refractivity contribution in [1.82, 2.24) is 14.5 Å². The minimum Gasteiger partial charge on any atom is -0.336 e. The summed E-state index contributed by atoms with van der Waals surface area (Å²) in [4.78, 5) is 45.3. The van der Waals surface area contributed by atoms with Gasteiger partial charge in [-0.2, -0.15) is 0 Å². The Kier molecular flexibility index (Phi) is 5.77. The number of amides is 1. The zero-order valence-corrected chi connectivity index (χ0v) is 19.2. The summed E-state index contributed by atoms with van der Waals surface area (Å²) in [7, 11) is 1.80. The molecule has 1 aliphatic heterocycles. The maximum Gasteiger partial charge on any atom is 0.289 e. The highest BCUT2D eigenvalue weighted by Gasteiger charge is 2.48. The first kappa shape index (κ1) is 22.0. The number of rotatable bonds is 2. The van der Waals surface area contributed by atoms with E-state index < -0.39 is 5.92 Å². The van der Waals surface area contributed by atoms with Crippen LogP contribution in [0, 0.1) is 31.1 Å². The minimum absolute atomic E-state index is 0.00523. The van der Waals surface area contributed by atoms with Gasteiger partial charge >= 0.3 is 0 Å². The van der Waals surface area contributed by atoms with Gasteiger partial charge in [0, 0.05) is 50.9 Å². The number of piperidine rings is 1. The number of hydrogen-bond donors (Lipinski definition) is 0. The average Bonchev–Trinajstić information content (AvgIpc) is 3.15. The molecular weight excluding hydrogens is 402 g/mol. The van der Waals surface area contributed by atoms with Crippen LogP contribution in [0.5, 0.6) is 0 Å². The molecule has 1 spiro atoms. The molecule has 2 heterocycles. The van der Waals surface area contributed by atoms with Crippen molar-refractivity contribution in [2.75, 3.05) is 13.1 Å². The molecule has 0 bridgehead atoms. The van der Waals surface area contributed by atoms with Crippen LogP contribution >= 0.6 is 0 Å². The van der Waals surface area contributed by atoms with Crippen LogP contribution < -0.4 is 0 Å². The summed E-state index contributed by atoms with van der Waals surface area (Å²) < 4.78 is 1.72. The van der Waals surface area contributed by atoms with Gasteiger partial charge in [-0.25, -0.2) is 4.98 Å². The van der Waals surface area contributed by atoms with Crippen molar-refractivity contribution in [3.8, 4) is 11.8 Å². The van der Waals surface area contributed by atoms with Crippen LogP contribution in [0.1, 0.15) is 71.4 Å². The highest BCUT2D eigenvalue weighted by atomic mass is 16.2. The van der Waals surface area contributed by atoms with Gasteiger partial charge in [0.1, 0.15) is 17.5 Å². The van der Waals surface area contributed by atoms with Crippen molar-refractivity contribution in [2.45, 2.75) is 52.4 Å². The number of hydrogen-bond acceptors (Lipinski definition) is 4. The normalized spacial score (nSPS) is 18.6. The second-order valence-electron chi connectivity index (χ2n) is 9.27. The molecule has 4 rings (SSSR count). The SMILES string of the molecule is CC#Cc1cc(C)c(C2C(=O)CC3(CCN(C(=O)c4nccn4C)CC3)CC2=O)c(C)c1. The van der Waals surface area contributed by atoms with Crippen molar-refractivity contribution in [3.63, 3.8) is 0 Å². The molecule has 1 saturated carbocycles. The van der Waals surface area contributed by atoms with Crippen molar-refractivity contribution in [2.24, 2.45) is 12.5 Å². The number of carbonyl (C=O) groups excluding carboxylic acids is 3. The van der Waals surface area contributed by atoms with E-state index in [1.165, 1.54) is 0 Å². The van der Waals surface area contributed by atoms with Crippen molar-refractivity contribution in [3.05, 3.63) is 52.6 Å². The number of carbonyl (C=O) groups is 3. The number of benzene rings is 1. The highest BCUT2D eigenvalue weighted by Crippen LogP contribution is 2.46. The van der Waals surface area contributed by atoms with Gasteiger partial charge in [-0.3, -0.25) is 14.4 Å². The topological polar surface area (TPSA) is 72.3 Å². The fraction of sp³-hybridized carbons (Fsp3) is 0.462. The van der Waals surface area contributed by atoms with E-state index in [1.807, 2.05) is 26.0 Å². The third kappa shape index (κ3) is 3.88. The van der Waals surface area contributed by atoms with Crippen LogP contribution in [0.2, 0.25) is 0 Å². The zero-order valence-electron chi connectivity index (χ0n) is 19.2. The fourth-order valence-corrected chi connectivity index (χ4v) is 5.40. The number of aromatic nitrogens is 2. The Morgan fingerprint density at radius 1 is 1.09 bits per heavy atom. The molecule has 2 aromatic rings. The third-order valence-corrected chi connectivity index (χ3v) is 7.02. The first-order valence-corrected chi connectivity index (χ1v) is 11.1. The van der Waals surface area contributed by atoms with E-state index in [4.69, 9.17) is 0 Å². The van der Waals surface area contributed by atoms with Gasteiger partial charge in [-0.1, -0.05) is 5.92 Å². The van der Waals surface area contributed by atoms with Crippen LogP contribution in [-0.4, -0.2) is 45.0 Å². The second kappa shape index (κ2) is 8.38. The number of aryl methyl sites for hydroxylation is 3. The molecule has 32 heavy (non-hydrogen) atoms. The standard InChI is InChI=1S/C26H29N3O3/c1-5-6-19-13-17(2)22(18(3)14-19)23-20(30)15-26(16-21(23)31)7-10-29(11-8-26)25(32)24-27-9-12-28(24)4/h9,12-14,23H,7-8,10-11,15-16H2,1-4H3. The van der Waals surface area contributed by atoms with Crippen LogP contribution in [0.25, 0.3) is 0 Å². The Hall–Kier alpha value is -3.20. The largest absolute Gasteiger partial charge is 0.336 e. The van der Waals surface area contributed by atoms with E-state index in [-0.39, 0.29) is 22.9 Å². The fourth-order valence-electron chi connectivity index (χ4n) is 5.40. The van der Waals surface area contributed by atoms with Gasteiger partial charge in [0.25, 0.3) is 5.91 Å². The van der Waals surface area contributed by atoms with Gasteiger partial charge in [-0.15, -0.1) is 5.92 Å². The Labute approximate surface area is 189 Å². The lowest BCUT2D eigenvalue weighted by Gasteiger charge is -2.44. The summed E-state index contributed by atoms with van der Waals surface area (Å²) in [5.74, 6) is 5.60. The van der Waals surface area contributed by atoms with E-state index in [9.17, 15) is 14.4 Å². The van der Waals surface area contributed by atoms with Gasteiger partial charge in [0.15, 0.2) is 5.82 Å². The third-order valence-electron chi connectivity index (χ3n) is 7.02. The van der Waals surface area contributed by atoms with Crippen LogP contribution in [0.15, 0.2) is 24.5 Å². The molecule has 0 unspecified atom stereocenters. The molecule has 2 aliphatic rings. The minimum atomic E-state index is -0.684. The van der Waals surface area contributed by atoms with E-state index in [0.717, 1.165) is 22.3 Å². The number of Topliss-reactive ketones (excluding diaryl/α,β-unsaturated/α-hetero) is 2. The van der Waals surface area contributed by atoms with Gasteiger partial charge in [0.05, 0.1) is 0 Å².